The molecule has 2 heterocycles. The highest BCUT2D eigenvalue weighted by Crippen LogP contribution is 2.33. The highest BCUT2D eigenvalue weighted by atomic mass is 19.1. The zero-order chi connectivity index (χ0) is 27.5. The molecule has 0 radical (unpaired) electrons. The lowest BCUT2D eigenvalue weighted by molar-refractivity contribution is 0.0995. The van der Waals surface area contributed by atoms with Gasteiger partial charge in [-0.2, -0.15) is 5.10 Å². The quantitative estimate of drug-likeness (QED) is 0.259. The van der Waals surface area contributed by atoms with Crippen LogP contribution in [0.3, 0.4) is 0 Å². The molecule has 0 aliphatic heterocycles. The lowest BCUT2D eigenvalue weighted by Gasteiger charge is -2.12. The molecule has 0 atom stereocenters. The lowest BCUT2D eigenvalue weighted by Crippen LogP contribution is -2.13. The normalized spacial score (nSPS) is 10.7. The van der Waals surface area contributed by atoms with Crippen LogP contribution in [0, 0.1) is 5.82 Å². The van der Waals surface area contributed by atoms with Gasteiger partial charge >= 0.3 is 0 Å². The van der Waals surface area contributed by atoms with Crippen molar-refractivity contribution in [2.75, 3.05) is 17.7 Å². The first-order chi connectivity index (χ1) is 18.8. The third-order valence-corrected chi connectivity index (χ3v) is 5.81. The number of carbonyl (C=O) groups excluding carboxylic acids is 2. The fourth-order valence-electron chi connectivity index (χ4n) is 3.95. The number of pyridine rings is 1. The fraction of sp³-hybridized carbons (Fsp3) is 0.0714. The monoisotopic (exact) mass is 526 g/mol. The standard InChI is InChI=1S/C28H23FN6O4/c1-35-15-22(28(37)33-18-5-3-16(29)4-6-18)27(34-35)32-17-7-9-19(10-8-17)39-24-11-12-31-23-14-25(38-2)21(26(30)36)13-20(23)24/h3-15H,1-2H3,(H2,30,36)(H,32,34)(H,33,37). The van der Waals surface area contributed by atoms with Gasteiger partial charge in [-0.25, -0.2) is 4.39 Å². The predicted molar refractivity (Wildman–Crippen MR) is 144 cm³/mol. The van der Waals surface area contributed by atoms with Crippen LogP contribution in [-0.2, 0) is 7.05 Å². The first-order valence-corrected chi connectivity index (χ1v) is 11.7. The Morgan fingerprint density at radius 1 is 0.949 bits per heavy atom. The molecule has 0 saturated heterocycles. The zero-order valence-electron chi connectivity index (χ0n) is 20.9. The molecular formula is C28H23FN6O4. The molecule has 2 amide bonds. The fourth-order valence-corrected chi connectivity index (χ4v) is 3.95. The number of methoxy groups -OCH3 is 1. The number of hydrogen-bond acceptors (Lipinski definition) is 7. The number of ether oxygens (including phenoxy) is 2. The number of rotatable bonds is 8. The second kappa shape index (κ2) is 10.5. The maximum atomic E-state index is 13.2. The summed E-state index contributed by atoms with van der Waals surface area (Å²) in [7, 11) is 3.16. The molecule has 5 aromatic rings. The number of halogens is 1. The van der Waals surface area contributed by atoms with Crippen molar-refractivity contribution in [3.05, 3.63) is 96.1 Å². The lowest BCUT2D eigenvalue weighted by atomic mass is 10.1. The molecule has 2 aromatic heterocycles. The van der Waals surface area contributed by atoms with Crippen LogP contribution in [0.1, 0.15) is 20.7 Å². The van der Waals surface area contributed by atoms with Gasteiger partial charge in [-0.1, -0.05) is 0 Å². The van der Waals surface area contributed by atoms with E-state index in [0.717, 1.165) is 0 Å². The number of carbonyl (C=O) groups is 2. The van der Waals surface area contributed by atoms with Crippen molar-refractivity contribution in [3.63, 3.8) is 0 Å². The van der Waals surface area contributed by atoms with E-state index in [9.17, 15) is 14.0 Å². The van der Waals surface area contributed by atoms with E-state index in [-0.39, 0.29) is 5.56 Å². The maximum Gasteiger partial charge on any atom is 0.261 e. The SMILES string of the molecule is COc1cc2nccc(Oc3ccc(Nc4nn(C)cc4C(=O)Nc4ccc(F)cc4)cc3)c2cc1C(N)=O. The van der Waals surface area contributed by atoms with Crippen LogP contribution in [-0.4, -0.2) is 33.7 Å². The molecule has 0 spiro atoms. The number of primary amides is 1. The van der Waals surface area contributed by atoms with E-state index in [1.165, 1.54) is 36.1 Å². The van der Waals surface area contributed by atoms with Crippen molar-refractivity contribution in [2.24, 2.45) is 12.8 Å². The van der Waals surface area contributed by atoms with Gasteiger partial charge in [0.25, 0.3) is 11.8 Å². The van der Waals surface area contributed by atoms with Gasteiger partial charge in [-0.15, -0.1) is 0 Å². The van der Waals surface area contributed by atoms with Crippen molar-refractivity contribution in [1.29, 1.82) is 0 Å². The summed E-state index contributed by atoms with van der Waals surface area (Å²) in [5, 5.41) is 10.8. The summed E-state index contributed by atoms with van der Waals surface area (Å²) in [6.45, 7) is 0. The first-order valence-electron chi connectivity index (χ1n) is 11.7. The molecule has 11 heteroatoms. The molecule has 0 saturated carbocycles. The number of nitrogens with zero attached hydrogens (tertiary/aromatic N) is 3. The Labute approximate surface area is 222 Å². The van der Waals surface area contributed by atoms with Gasteiger partial charge in [-0.3, -0.25) is 19.3 Å². The third kappa shape index (κ3) is 5.47. The first kappa shape index (κ1) is 25.2. The van der Waals surface area contributed by atoms with Crippen LogP contribution in [0.4, 0.5) is 21.6 Å². The van der Waals surface area contributed by atoms with Crippen molar-refractivity contribution < 1.29 is 23.5 Å². The second-order valence-corrected chi connectivity index (χ2v) is 8.52. The summed E-state index contributed by atoms with van der Waals surface area (Å²) in [4.78, 5) is 29.0. The van der Waals surface area contributed by atoms with E-state index in [2.05, 4.69) is 20.7 Å². The van der Waals surface area contributed by atoms with Gasteiger partial charge in [0.05, 0.1) is 18.2 Å². The molecule has 5 rings (SSSR count). The van der Waals surface area contributed by atoms with Crippen molar-refractivity contribution in [1.82, 2.24) is 14.8 Å². The number of anilines is 3. The molecular weight excluding hydrogens is 503 g/mol. The van der Waals surface area contributed by atoms with Crippen molar-refractivity contribution >= 4 is 39.9 Å². The number of aryl methyl sites for hydroxylation is 1. The Hall–Kier alpha value is -5.45. The molecule has 196 valence electrons. The van der Waals surface area contributed by atoms with E-state index >= 15 is 0 Å². The summed E-state index contributed by atoms with van der Waals surface area (Å²) >= 11 is 0. The van der Waals surface area contributed by atoms with Crippen molar-refractivity contribution in [3.8, 4) is 17.2 Å². The summed E-state index contributed by atoms with van der Waals surface area (Å²) in [6, 6.07) is 17.4. The summed E-state index contributed by atoms with van der Waals surface area (Å²) in [6.07, 6.45) is 3.18. The van der Waals surface area contributed by atoms with Gasteiger partial charge in [0.2, 0.25) is 0 Å². The smallest absolute Gasteiger partial charge is 0.261 e. The summed E-state index contributed by atoms with van der Waals surface area (Å²) in [5.74, 6) is 0.272. The molecule has 0 aliphatic rings. The Morgan fingerprint density at radius 2 is 1.67 bits per heavy atom. The number of fused-ring (bicyclic) bond motifs is 1. The van der Waals surface area contributed by atoms with Gasteiger partial charge in [-0.05, 0) is 60.7 Å². The molecule has 0 bridgehead atoms. The Balaban J connectivity index is 1.34. The van der Waals surface area contributed by atoms with Crippen LogP contribution in [0.25, 0.3) is 10.9 Å². The van der Waals surface area contributed by atoms with E-state index in [1.807, 2.05) is 0 Å². The minimum atomic E-state index is -0.626. The number of aromatic nitrogens is 3. The van der Waals surface area contributed by atoms with Gasteiger partial charge in [0.1, 0.15) is 28.6 Å². The minimum absolute atomic E-state index is 0.219. The molecule has 0 unspecified atom stereocenters. The highest BCUT2D eigenvalue weighted by Gasteiger charge is 2.17. The Bertz CT molecular complexity index is 1680. The number of amides is 2. The predicted octanol–water partition coefficient (Wildman–Crippen LogP) is 5.00. The Morgan fingerprint density at radius 3 is 2.36 bits per heavy atom. The molecule has 3 aromatic carbocycles. The van der Waals surface area contributed by atoms with Gasteiger partial charge < -0.3 is 25.8 Å². The average Bonchev–Trinajstić information content (AvgIpc) is 3.30. The van der Waals surface area contributed by atoms with Crippen LogP contribution in [0.5, 0.6) is 17.2 Å². The molecule has 0 fully saturated rings. The number of hydrogen-bond donors (Lipinski definition) is 3. The number of nitrogens with one attached hydrogen (secondary N) is 2. The second-order valence-electron chi connectivity index (χ2n) is 8.52. The van der Waals surface area contributed by atoms with Crippen LogP contribution in [0.2, 0.25) is 0 Å². The maximum absolute atomic E-state index is 13.2. The van der Waals surface area contributed by atoms with Gasteiger partial charge in [0.15, 0.2) is 5.82 Å². The summed E-state index contributed by atoms with van der Waals surface area (Å²) < 4.78 is 26.0. The molecule has 0 aliphatic carbocycles. The topological polar surface area (TPSA) is 133 Å². The van der Waals surface area contributed by atoms with Crippen molar-refractivity contribution in [2.45, 2.75) is 0 Å². The third-order valence-electron chi connectivity index (χ3n) is 5.81. The van der Waals surface area contributed by atoms with E-state index in [0.29, 0.717) is 50.9 Å². The largest absolute Gasteiger partial charge is 0.496 e. The van der Waals surface area contributed by atoms with E-state index in [4.69, 9.17) is 15.2 Å². The number of benzene rings is 3. The summed E-state index contributed by atoms with van der Waals surface area (Å²) in [5.41, 5.74) is 7.74. The number of nitrogens with two attached hydrogens (primary N) is 1. The molecule has 39 heavy (non-hydrogen) atoms. The van der Waals surface area contributed by atoms with E-state index < -0.39 is 17.6 Å². The minimum Gasteiger partial charge on any atom is -0.496 e. The molecule has 10 nitrogen and oxygen atoms in total. The Kier molecular flexibility index (Phi) is 6.79. The van der Waals surface area contributed by atoms with Gasteiger partial charge in [0, 0.05) is 42.3 Å². The van der Waals surface area contributed by atoms with Crippen LogP contribution >= 0.6 is 0 Å². The van der Waals surface area contributed by atoms with Crippen LogP contribution in [0.15, 0.2) is 79.1 Å². The highest BCUT2D eigenvalue weighted by molar-refractivity contribution is 6.07. The van der Waals surface area contributed by atoms with Crippen LogP contribution < -0.4 is 25.8 Å². The average molecular weight is 527 g/mol. The molecule has 4 N–H and O–H groups in total. The zero-order valence-corrected chi connectivity index (χ0v) is 20.9. The van der Waals surface area contributed by atoms with E-state index in [1.54, 1.807) is 61.9 Å².